The number of nitrogens with two attached hydrogens (primary N) is 1. The molecule has 6 heteroatoms. The highest BCUT2D eigenvalue weighted by atomic mass is 16.5. The number of aromatic nitrogens is 1. The molecule has 4 aromatic rings. The van der Waals surface area contributed by atoms with E-state index in [0.29, 0.717) is 28.3 Å². The highest BCUT2D eigenvalue weighted by Crippen LogP contribution is 2.31. The molecule has 3 N–H and O–H groups in total. The Morgan fingerprint density at radius 3 is 2.48 bits per heavy atom. The van der Waals surface area contributed by atoms with Crippen molar-refractivity contribution >= 4 is 28.3 Å². The van der Waals surface area contributed by atoms with Gasteiger partial charge in [-0.05, 0) is 61.7 Å². The van der Waals surface area contributed by atoms with Crippen LogP contribution in [0.1, 0.15) is 32.0 Å². The van der Waals surface area contributed by atoms with Crippen molar-refractivity contribution in [3.05, 3.63) is 95.3 Å². The summed E-state index contributed by atoms with van der Waals surface area (Å²) in [5.74, 6) is 0.334. The summed E-state index contributed by atoms with van der Waals surface area (Å²) >= 11 is 0. The van der Waals surface area contributed by atoms with Crippen LogP contribution in [0.25, 0.3) is 10.8 Å². The molecule has 1 heterocycles. The number of ether oxygens (including phenoxy) is 1. The first-order valence-electron chi connectivity index (χ1n) is 9.76. The van der Waals surface area contributed by atoms with Crippen LogP contribution in [0.5, 0.6) is 11.5 Å². The van der Waals surface area contributed by atoms with Crippen molar-refractivity contribution in [2.45, 2.75) is 13.8 Å². The lowest BCUT2D eigenvalue weighted by atomic mass is 10.1. The molecule has 6 nitrogen and oxygen atoms in total. The van der Waals surface area contributed by atoms with Gasteiger partial charge in [0.25, 0.3) is 11.8 Å². The molecule has 0 aliphatic rings. The van der Waals surface area contributed by atoms with E-state index in [2.05, 4.69) is 10.3 Å². The molecular formula is C25H21N3O3. The van der Waals surface area contributed by atoms with Gasteiger partial charge in [-0.3, -0.25) is 14.6 Å². The maximum Gasteiger partial charge on any atom is 0.267 e. The second-order valence-corrected chi connectivity index (χ2v) is 7.26. The number of amides is 2. The van der Waals surface area contributed by atoms with Gasteiger partial charge in [0.15, 0.2) is 0 Å². The van der Waals surface area contributed by atoms with Gasteiger partial charge < -0.3 is 15.8 Å². The van der Waals surface area contributed by atoms with E-state index in [9.17, 15) is 9.59 Å². The van der Waals surface area contributed by atoms with Gasteiger partial charge in [0, 0.05) is 28.4 Å². The lowest BCUT2D eigenvalue weighted by molar-refractivity contribution is 0.0992. The van der Waals surface area contributed by atoms with E-state index in [1.807, 2.05) is 55.5 Å². The molecule has 0 radical (unpaired) electrons. The third kappa shape index (κ3) is 4.23. The van der Waals surface area contributed by atoms with E-state index in [4.69, 9.17) is 10.5 Å². The lowest BCUT2D eigenvalue weighted by Crippen LogP contribution is -2.15. The summed E-state index contributed by atoms with van der Waals surface area (Å²) in [5, 5.41) is 4.77. The van der Waals surface area contributed by atoms with Crippen LogP contribution in [0.2, 0.25) is 0 Å². The quantitative estimate of drug-likeness (QED) is 0.483. The average molecular weight is 411 g/mol. The number of hydrogen-bond donors (Lipinski definition) is 2. The number of fused-ring (bicyclic) bond motifs is 1. The Hall–Kier alpha value is -4.19. The number of hydrogen-bond acceptors (Lipinski definition) is 4. The topological polar surface area (TPSA) is 94.3 Å². The summed E-state index contributed by atoms with van der Waals surface area (Å²) in [7, 11) is 0. The predicted octanol–water partition coefficient (Wildman–Crippen LogP) is 5.00. The number of carbonyl (C=O) groups excluding carboxylic acids is 2. The van der Waals surface area contributed by atoms with E-state index in [0.717, 1.165) is 16.3 Å². The van der Waals surface area contributed by atoms with Gasteiger partial charge in [0.05, 0.1) is 0 Å². The number of aryl methyl sites for hydroxylation is 1. The number of nitrogens with one attached hydrogen (secondary N) is 1. The molecule has 0 saturated carbocycles. The van der Waals surface area contributed by atoms with Crippen molar-refractivity contribution < 1.29 is 14.3 Å². The molecule has 0 aliphatic carbocycles. The molecule has 2 amide bonds. The van der Waals surface area contributed by atoms with E-state index >= 15 is 0 Å². The van der Waals surface area contributed by atoms with Gasteiger partial charge in [-0.25, -0.2) is 0 Å². The van der Waals surface area contributed by atoms with Crippen molar-refractivity contribution in [1.82, 2.24) is 4.98 Å². The van der Waals surface area contributed by atoms with Crippen LogP contribution < -0.4 is 15.8 Å². The molecule has 3 aromatic carbocycles. The first kappa shape index (κ1) is 20.1. The van der Waals surface area contributed by atoms with Crippen molar-refractivity contribution in [3.8, 4) is 11.5 Å². The van der Waals surface area contributed by atoms with E-state index < -0.39 is 5.91 Å². The molecule has 0 fully saturated rings. The van der Waals surface area contributed by atoms with Crippen LogP contribution in [-0.2, 0) is 0 Å². The minimum atomic E-state index is -0.601. The molecule has 31 heavy (non-hydrogen) atoms. The van der Waals surface area contributed by atoms with E-state index in [1.165, 1.54) is 6.20 Å². The standard InChI is InChI=1S/C25H21N3O3/c1-15-6-8-17(9-7-15)25(30)28-21-5-3-4-18-14-19(10-11-20(18)21)31-22-12-13-27-23(16(22)2)24(26)29/h3-14H,1-2H3,(H2,26,29)(H,28,30). The van der Waals surface area contributed by atoms with Crippen LogP contribution in [0, 0.1) is 13.8 Å². The maximum absolute atomic E-state index is 12.6. The van der Waals surface area contributed by atoms with Crippen LogP contribution in [-0.4, -0.2) is 16.8 Å². The number of pyridine rings is 1. The number of rotatable bonds is 5. The molecule has 0 bridgehead atoms. The zero-order valence-corrected chi connectivity index (χ0v) is 17.2. The summed E-state index contributed by atoms with van der Waals surface area (Å²) in [6.07, 6.45) is 1.49. The Bertz CT molecular complexity index is 1300. The minimum Gasteiger partial charge on any atom is -0.457 e. The van der Waals surface area contributed by atoms with Crippen molar-refractivity contribution in [2.75, 3.05) is 5.32 Å². The molecular weight excluding hydrogens is 390 g/mol. The highest BCUT2D eigenvalue weighted by molar-refractivity contribution is 6.09. The van der Waals surface area contributed by atoms with Gasteiger partial charge in [0.1, 0.15) is 17.2 Å². The Morgan fingerprint density at radius 2 is 1.74 bits per heavy atom. The maximum atomic E-state index is 12.6. The summed E-state index contributed by atoms with van der Waals surface area (Å²) in [4.78, 5) is 28.1. The van der Waals surface area contributed by atoms with Crippen molar-refractivity contribution in [3.63, 3.8) is 0 Å². The zero-order valence-electron chi connectivity index (χ0n) is 17.2. The van der Waals surface area contributed by atoms with Crippen LogP contribution >= 0.6 is 0 Å². The second kappa shape index (κ2) is 8.28. The Balaban J connectivity index is 1.61. The summed E-state index contributed by atoms with van der Waals surface area (Å²) in [5.41, 5.74) is 8.53. The minimum absolute atomic E-state index is 0.167. The van der Waals surface area contributed by atoms with Crippen LogP contribution in [0.3, 0.4) is 0 Å². The van der Waals surface area contributed by atoms with Crippen molar-refractivity contribution in [1.29, 1.82) is 0 Å². The van der Waals surface area contributed by atoms with Gasteiger partial charge in [0.2, 0.25) is 0 Å². The monoisotopic (exact) mass is 411 g/mol. The molecule has 0 atom stereocenters. The fraction of sp³-hybridized carbons (Fsp3) is 0.0800. The normalized spacial score (nSPS) is 10.6. The third-order valence-corrected chi connectivity index (χ3v) is 5.03. The molecule has 0 spiro atoms. The number of carbonyl (C=O) groups is 2. The SMILES string of the molecule is Cc1ccc(C(=O)Nc2cccc3cc(Oc4ccnc(C(N)=O)c4C)ccc23)cc1. The zero-order chi connectivity index (χ0) is 22.0. The molecule has 1 aromatic heterocycles. The van der Waals surface area contributed by atoms with Crippen molar-refractivity contribution in [2.24, 2.45) is 5.73 Å². The number of anilines is 1. The Kier molecular flexibility index (Phi) is 5.37. The van der Waals surface area contributed by atoms with E-state index in [-0.39, 0.29) is 11.6 Å². The predicted molar refractivity (Wildman–Crippen MR) is 121 cm³/mol. The van der Waals surface area contributed by atoms with Gasteiger partial charge >= 0.3 is 0 Å². The van der Waals surface area contributed by atoms with Gasteiger partial charge in [-0.2, -0.15) is 0 Å². The fourth-order valence-electron chi connectivity index (χ4n) is 3.34. The number of nitrogens with zero attached hydrogens (tertiary/aromatic N) is 1. The van der Waals surface area contributed by atoms with Crippen LogP contribution in [0.15, 0.2) is 72.9 Å². The first-order chi connectivity index (χ1) is 14.9. The summed E-state index contributed by atoms with van der Waals surface area (Å²) in [6.45, 7) is 3.72. The highest BCUT2D eigenvalue weighted by Gasteiger charge is 2.13. The summed E-state index contributed by atoms with van der Waals surface area (Å²) < 4.78 is 5.97. The van der Waals surface area contributed by atoms with Gasteiger partial charge in [-0.15, -0.1) is 0 Å². The molecule has 0 aliphatic heterocycles. The second-order valence-electron chi connectivity index (χ2n) is 7.26. The van der Waals surface area contributed by atoms with Gasteiger partial charge in [-0.1, -0.05) is 29.8 Å². The Morgan fingerprint density at radius 1 is 0.968 bits per heavy atom. The smallest absolute Gasteiger partial charge is 0.267 e. The first-order valence-corrected chi connectivity index (χ1v) is 9.76. The molecule has 4 rings (SSSR count). The van der Waals surface area contributed by atoms with E-state index in [1.54, 1.807) is 25.1 Å². The number of benzene rings is 3. The molecule has 0 saturated heterocycles. The molecule has 0 unspecified atom stereocenters. The number of primary amides is 1. The summed E-state index contributed by atoms with van der Waals surface area (Å²) in [6, 6.07) is 20.4. The fourth-order valence-corrected chi connectivity index (χ4v) is 3.34. The van der Waals surface area contributed by atoms with Crippen LogP contribution in [0.4, 0.5) is 5.69 Å². The Labute approximate surface area is 179 Å². The lowest BCUT2D eigenvalue weighted by Gasteiger charge is -2.13. The average Bonchev–Trinajstić information content (AvgIpc) is 2.75. The molecule has 154 valence electrons. The third-order valence-electron chi connectivity index (χ3n) is 5.03. The largest absolute Gasteiger partial charge is 0.457 e.